The average molecular weight is 347 g/mol. The van der Waals surface area contributed by atoms with Crippen LogP contribution >= 0.6 is 11.3 Å². The summed E-state index contributed by atoms with van der Waals surface area (Å²) in [6.07, 6.45) is 4.97. The molecule has 1 amide bonds. The average Bonchev–Trinajstić information content (AvgIpc) is 3.12. The Labute approximate surface area is 142 Å². The lowest BCUT2D eigenvalue weighted by Gasteiger charge is -2.47. The Kier molecular flexibility index (Phi) is 3.29. The Morgan fingerprint density at radius 2 is 2.29 bits per heavy atom. The number of β-lactam (4-membered cyclic amide) rings is 1. The number of amides is 1. The van der Waals surface area contributed by atoms with E-state index in [1.807, 2.05) is 40.0 Å². The molecule has 2 aliphatic rings. The highest BCUT2D eigenvalue weighted by Gasteiger charge is 2.58. The molecule has 0 unspecified atom stereocenters. The number of imidazole rings is 1. The van der Waals surface area contributed by atoms with E-state index in [0.29, 0.717) is 12.1 Å². The van der Waals surface area contributed by atoms with Gasteiger partial charge in [0.15, 0.2) is 0 Å². The van der Waals surface area contributed by atoms with Gasteiger partial charge in [-0.05, 0) is 6.92 Å². The number of aliphatic carboxylic acids is 1. The van der Waals surface area contributed by atoms with Crippen molar-refractivity contribution >= 4 is 28.0 Å². The molecule has 2 aromatic heterocycles. The van der Waals surface area contributed by atoms with E-state index in [4.69, 9.17) is 0 Å². The van der Waals surface area contributed by atoms with Crippen LogP contribution in [0, 0.1) is 11.8 Å². The second kappa shape index (κ2) is 5.15. The molecule has 4 rings (SSSR count). The van der Waals surface area contributed by atoms with E-state index in [-0.39, 0.29) is 23.6 Å². The van der Waals surface area contributed by atoms with Crippen molar-refractivity contribution in [3.05, 3.63) is 35.4 Å². The van der Waals surface area contributed by atoms with E-state index in [1.54, 1.807) is 18.3 Å². The normalized spacial score (nSPS) is 27.5. The number of aliphatic hydroxyl groups excluding tert-OH is 1. The molecule has 4 heterocycles. The van der Waals surface area contributed by atoms with Gasteiger partial charge in [-0.1, -0.05) is 18.3 Å². The molecule has 2 aliphatic heterocycles. The molecule has 7 nitrogen and oxygen atoms in total. The van der Waals surface area contributed by atoms with Crippen molar-refractivity contribution in [2.24, 2.45) is 11.8 Å². The number of aromatic nitrogens is 2. The van der Waals surface area contributed by atoms with Crippen molar-refractivity contribution in [3.63, 3.8) is 0 Å². The Morgan fingerprint density at radius 1 is 1.54 bits per heavy atom. The minimum absolute atomic E-state index is 0.0311. The van der Waals surface area contributed by atoms with E-state index in [1.165, 1.54) is 4.90 Å². The van der Waals surface area contributed by atoms with E-state index in [2.05, 4.69) is 0 Å². The van der Waals surface area contributed by atoms with Gasteiger partial charge >= 0.3 is 0 Å². The summed E-state index contributed by atoms with van der Waals surface area (Å²) in [6, 6.07) is -0.301. The summed E-state index contributed by atoms with van der Waals surface area (Å²) in [5, 5.41) is 23.5. The molecule has 1 saturated heterocycles. The zero-order chi connectivity index (χ0) is 17.2. The van der Waals surface area contributed by atoms with Crippen LogP contribution in [0.25, 0.3) is 4.83 Å². The summed E-state index contributed by atoms with van der Waals surface area (Å²) in [5.74, 6) is -2.35. The van der Waals surface area contributed by atoms with Gasteiger partial charge in [-0.3, -0.25) is 4.79 Å². The third kappa shape index (κ3) is 1.96. The minimum atomic E-state index is -1.33. The lowest BCUT2D eigenvalue weighted by Crippen LogP contribution is -2.64. The summed E-state index contributed by atoms with van der Waals surface area (Å²) >= 11 is 1.59. The van der Waals surface area contributed by atoms with Gasteiger partial charge in [0.1, 0.15) is 18.9 Å². The molecule has 126 valence electrons. The molecule has 2 aromatic rings. The quantitative estimate of drug-likeness (QED) is 0.576. The van der Waals surface area contributed by atoms with Crippen molar-refractivity contribution in [1.29, 1.82) is 0 Å². The maximum absolute atomic E-state index is 12.3. The molecule has 0 saturated carbocycles. The van der Waals surface area contributed by atoms with Crippen molar-refractivity contribution in [2.75, 3.05) is 0 Å². The molecule has 24 heavy (non-hydrogen) atoms. The van der Waals surface area contributed by atoms with Gasteiger partial charge in [-0.2, -0.15) is 4.40 Å². The molecule has 8 heteroatoms. The predicted molar refractivity (Wildman–Crippen MR) is 82.5 cm³/mol. The maximum Gasteiger partial charge on any atom is 0.249 e. The van der Waals surface area contributed by atoms with Crippen LogP contribution in [0.5, 0.6) is 0 Å². The predicted octanol–water partition coefficient (Wildman–Crippen LogP) is -0.850. The van der Waals surface area contributed by atoms with Crippen molar-refractivity contribution in [3.8, 4) is 0 Å². The van der Waals surface area contributed by atoms with Crippen molar-refractivity contribution in [2.45, 2.75) is 32.5 Å². The monoisotopic (exact) mass is 347 g/mol. The van der Waals surface area contributed by atoms with Crippen molar-refractivity contribution < 1.29 is 24.4 Å². The van der Waals surface area contributed by atoms with Gasteiger partial charge in [0.05, 0.1) is 29.7 Å². The highest BCUT2D eigenvalue weighted by atomic mass is 32.1. The van der Waals surface area contributed by atoms with Crippen LogP contribution in [0.15, 0.2) is 35.4 Å². The molecule has 1 fully saturated rings. The first-order chi connectivity index (χ1) is 11.4. The van der Waals surface area contributed by atoms with Gasteiger partial charge in [0.2, 0.25) is 17.1 Å². The smallest absolute Gasteiger partial charge is 0.249 e. The highest BCUT2D eigenvalue weighted by Crippen LogP contribution is 2.46. The second-order valence-corrected chi connectivity index (χ2v) is 7.41. The summed E-state index contributed by atoms with van der Waals surface area (Å²) in [7, 11) is 0. The summed E-state index contributed by atoms with van der Waals surface area (Å²) < 4.78 is 3.87. The third-order valence-electron chi connectivity index (χ3n) is 5.08. The van der Waals surface area contributed by atoms with Gasteiger partial charge < -0.3 is 19.9 Å². The molecular weight excluding hydrogens is 330 g/mol. The molecule has 0 aromatic carbocycles. The molecule has 0 spiro atoms. The SMILES string of the molecule is C[C@@H](O)[C@H]1C(=O)N2C(C(=O)[O-])=C(C[n+]3cc4sccn4c3)[C@H](C)[C@H]12. The van der Waals surface area contributed by atoms with Crippen LogP contribution in [0.2, 0.25) is 0 Å². The third-order valence-corrected chi connectivity index (χ3v) is 5.89. The van der Waals surface area contributed by atoms with Gasteiger partial charge in [0.25, 0.3) is 0 Å². The van der Waals surface area contributed by atoms with Crippen LogP contribution in [0.1, 0.15) is 13.8 Å². The number of carboxylic acid groups (broad SMARTS) is 1. The molecule has 0 aliphatic carbocycles. The summed E-state index contributed by atoms with van der Waals surface area (Å²) in [6.45, 7) is 3.86. The largest absolute Gasteiger partial charge is 0.543 e. The fourth-order valence-electron chi connectivity index (χ4n) is 3.95. The Morgan fingerprint density at radius 3 is 2.92 bits per heavy atom. The Bertz CT molecular complexity index is 852. The lowest BCUT2D eigenvalue weighted by atomic mass is 9.78. The molecular formula is C16H17N3O4S. The van der Waals surface area contributed by atoms with Crippen LogP contribution < -0.4 is 9.67 Å². The van der Waals surface area contributed by atoms with Gasteiger partial charge in [-0.15, -0.1) is 0 Å². The van der Waals surface area contributed by atoms with E-state index in [9.17, 15) is 19.8 Å². The number of hydrogen-bond acceptors (Lipinski definition) is 5. The number of nitrogens with zero attached hydrogens (tertiary/aromatic N) is 3. The van der Waals surface area contributed by atoms with Crippen LogP contribution in [-0.4, -0.2) is 38.4 Å². The number of rotatable bonds is 4. The maximum atomic E-state index is 12.3. The molecule has 0 bridgehead atoms. The van der Waals surface area contributed by atoms with E-state index < -0.39 is 18.0 Å². The van der Waals surface area contributed by atoms with E-state index >= 15 is 0 Å². The zero-order valence-corrected chi connectivity index (χ0v) is 14.1. The molecule has 4 atom stereocenters. The second-order valence-electron chi connectivity index (χ2n) is 6.48. The lowest BCUT2D eigenvalue weighted by molar-refractivity contribution is -0.688. The summed E-state index contributed by atoms with van der Waals surface area (Å²) in [5.41, 5.74) is 0.635. The Hall–Kier alpha value is -2.19. The first-order valence-corrected chi connectivity index (χ1v) is 8.68. The highest BCUT2D eigenvalue weighted by molar-refractivity contribution is 7.15. The van der Waals surface area contributed by atoms with Gasteiger partial charge in [0, 0.05) is 16.9 Å². The number of thiazole rings is 1. The molecule has 1 N–H and O–H groups in total. The van der Waals surface area contributed by atoms with Gasteiger partial charge in [-0.25, -0.2) is 4.57 Å². The van der Waals surface area contributed by atoms with Crippen molar-refractivity contribution in [1.82, 2.24) is 9.30 Å². The fraction of sp³-hybridized carbons (Fsp3) is 0.438. The number of carbonyl (C=O) groups excluding carboxylic acids is 2. The topological polar surface area (TPSA) is 89.0 Å². The zero-order valence-electron chi connectivity index (χ0n) is 13.2. The first kappa shape index (κ1) is 15.3. The molecule has 0 radical (unpaired) electrons. The number of hydrogen-bond donors (Lipinski definition) is 1. The standard InChI is InChI=1S/C16H17N3O4S/c1-8-10(5-17-6-11-18(7-17)3-4-24-11)14(16(22)23)19-13(8)12(9(2)20)15(19)21/h3-4,6-9,12-13,20H,5H2,1-2H3/t8-,9+,12+,13+/m0/s1. The fourth-order valence-corrected chi connectivity index (χ4v) is 4.71. The Balaban J connectivity index is 1.71. The minimum Gasteiger partial charge on any atom is -0.543 e. The number of carboxylic acids is 1. The van der Waals surface area contributed by atoms with Crippen LogP contribution in [0.3, 0.4) is 0 Å². The summed E-state index contributed by atoms with van der Waals surface area (Å²) in [4.78, 5) is 26.3. The number of carbonyl (C=O) groups is 2. The van der Waals surface area contributed by atoms with E-state index in [0.717, 1.165) is 4.83 Å². The number of fused-ring (bicyclic) bond motifs is 2. The first-order valence-electron chi connectivity index (χ1n) is 7.80. The number of aliphatic hydroxyl groups is 1. The van der Waals surface area contributed by atoms with Crippen LogP contribution in [0.4, 0.5) is 0 Å². The van der Waals surface area contributed by atoms with Crippen LogP contribution in [-0.2, 0) is 16.1 Å².